The zero-order valence-corrected chi connectivity index (χ0v) is 11.8. The summed E-state index contributed by atoms with van der Waals surface area (Å²) in [5.74, 6) is 1.07. The summed E-state index contributed by atoms with van der Waals surface area (Å²) >= 11 is 0. The van der Waals surface area contributed by atoms with E-state index in [9.17, 15) is 0 Å². The lowest BCUT2D eigenvalue weighted by molar-refractivity contribution is 0.229. The summed E-state index contributed by atoms with van der Waals surface area (Å²) in [5, 5.41) is 9.03. The van der Waals surface area contributed by atoms with Crippen molar-refractivity contribution in [2.75, 3.05) is 37.6 Å². The zero-order chi connectivity index (χ0) is 13.7. The Kier molecular flexibility index (Phi) is 4.39. The quantitative estimate of drug-likeness (QED) is 0.830. The van der Waals surface area contributed by atoms with Crippen molar-refractivity contribution in [1.29, 1.82) is 5.26 Å². The van der Waals surface area contributed by atoms with Crippen LogP contribution in [0.4, 0.5) is 5.82 Å². The molecule has 0 radical (unpaired) electrons. The fourth-order valence-electron chi connectivity index (χ4n) is 2.23. The number of hydrogen-bond donors (Lipinski definition) is 0. The molecule has 0 saturated carbocycles. The average Bonchev–Trinajstić information content (AvgIpc) is 2.47. The first kappa shape index (κ1) is 13.8. The minimum atomic E-state index is -0.210. The van der Waals surface area contributed by atoms with Gasteiger partial charge in [-0.3, -0.25) is 4.90 Å². The van der Waals surface area contributed by atoms with Crippen molar-refractivity contribution in [2.45, 2.75) is 20.3 Å². The van der Waals surface area contributed by atoms with Crippen molar-refractivity contribution in [2.24, 2.45) is 5.41 Å². The lowest BCUT2D eigenvalue weighted by atomic mass is 9.91. The molecular weight excluding hydrogens is 236 g/mol. The van der Waals surface area contributed by atoms with E-state index in [2.05, 4.69) is 26.9 Å². The van der Waals surface area contributed by atoms with E-state index in [0.717, 1.165) is 45.0 Å². The van der Waals surface area contributed by atoms with Crippen LogP contribution in [0.25, 0.3) is 0 Å². The van der Waals surface area contributed by atoms with Gasteiger partial charge in [0.15, 0.2) is 0 Å². The van der Waals surface area contributed by atoms with Gasteiger partial charge < -0.3 is 4.90 Å². The summed E-state index contributed by atoms with van der Waals surface area (Å²) in [6.45, 7) is 9.18. The minimum Gasteiger partial charge on any atom is -0.354 e. The molecule has 0 aliphatic carbocycles. The smallest absolute Gasteiger partial charge is 0.128 e. The molecule has 1 aliphatic heterocycles. The highest BCUT2D eigenvalue weighted by Crippen LogP contribution is 2.20. The maximum atomic E-state index is 9.03. The maximum absolute atomic E-state index is 9.03. The molecule has 0 aromatic carbocycles. The molecule has 0 N–H and O–H groups in total. The predicted octanol–water partition coefficient (Wildman–Crippen LogP) is 2.14. The average molecular weight is 258 g/mol. The standard InChI is InChI=1S/C15H22N4/c1-15(2,13-16)6-8-18-9-11-19(12-10-18)14-5-3-4-7-17-14/h3-5,7H,6,8-12H2,1-2H3. The summed E-state index contributed by atoms with van der Waals surface area (Å²) in [5.41, 5.74) is -0.210. The van der Waals surface area contributed by atoms with Crippen molar-refractivity contribution in [3.8, 4) is 6.07 Å². The van der Waals surface area contributed by atoms with Crippen molar-refractivity contribution < 1.29 is 0 Å². The van der Waals surface area contributed by atoms with Gasteiger partial charge in [-0.05, 0) is 38.9 Å². The first-order chi connectivity index (χ1) is 9.11. The highest BCUT2D eigenvalue weighted by atomic mass is 15.3. The summed E-state index contributed by atoms with van der Waals surface area (Å²) in [4.78, 5) is 9.16. The van der Waals surface area contributed by atoms with Crippen molar-refractivity contribution in [3.63, 3.8) is 0 Å². The van der Waals surface area contributed by atoms with Gasteiger partial charge in [0.1, 0.15) is 5.82 Å². The van der Waals surface area contributed by atoms with Crippen molar-refractivity contribution in [1.82, 2.24) is 9.88 Å². The normalized spacial score (nSPS) is 17.2. The Hall–Kier alpha value is -1.60. The molecule has 1 aliphatic rings. The van der Waals surface area contributed by atoms with Crippen LogP contribution in [-0.4, -0.2) is 42.6 Å². The number of nitriles is 1. The van der Waals surface area contributed by atoms with Gasteiger partial charge in [0.2, 0.25) is 0 Å². The maximum Gasteiger partial charge on any atom is 0.128 e. The zero-order valence-electron chi connectivity index (χ0n) is 11.8. The third-order valence-corrected chi connectivity index (χ3v) is 3.70. The number of hydrogen-bond acceptors (Lipinski definition) is 4. The van der Waals surface area contributed by atoms with Crippen LogP contribution in [0.2, 0.25) is 0 Å². The molecule has 2 heterocycles. The van der Waals surface area contributed by atoms with Gasteiger partial charge in [-0.2, -0.15) is 5.26 Å². The Morgan fingerprint density at radius 3 is 2.58 bits per heavy atom. The van der Waals surface area contributed by atoms with Gasteiger partial charge in [0.25, 0.3) is 0 Å². The molecule has 0 spiro atoms. The largest absolute Gasteiger partial charge is 0.354 e. The molecule has 19 heavy (non-hydrogen) atoms. The van der Waals surface area contributed by atoms with Gasteiger partial charge in [-0.15, -0.1) is 0 Å². The Balaban J connectivity index is 1.79. The molecule has 1 aromatic heterocycles. The van der Waals surface area contributed by atoms with E-state index in [1.54, 1.807) is 0 Å². The summed E-state index contributed by atoms with van der Waals surface area (Å²) in [7, 11) is 0. The molecule has 4 heteroatoms. The number of rotatable bonds is 4. The first-order valence-electron chi connectivity index (χ1n) is 6.90. The molecule has 0 amide bonds. The van der Waals surface area contributed by atoms with Crippen LogP contribution >= 0.6 is 0 Å². The Morgan fingerprint density at radius 2 is 2.00 bits per heavy atom. The van der Waals surface area contributed by atoms with Crippen LogP contribution < -0.4 is 4.90 Å². The van der Waals surface area contributed by atoms with E-state index in [0.29, 0.717) is 0 Å². The number of aromatic nitrogens is 1. The molecular formula is C15H22N4. The van der Waals surface area contributed by atoms with E-state index < -0.39 is 0 Å². The summed E-state index contributed by atoms with van der Waals surface area (Å²) < 4.78 is 0. The number of pyridine rings is 1. The Morgan fingerprint density at radius 1 is 1.26 bits per heavy atom. The highest BCUT2D eigenvalue weighted by Gasteiger charge is 2.21. The fourth-order valence-corrected chi connectivity index (χ4v) is 2.23. The first-order valence-corrected chi connectivity index (χ1v) is 6.90. The van der Waals surface area contributed by atoms with Crippen LogP contribution in [0, 0.1) is 16.7 Å². The van der Waals surface area contributed by atoms with Gasteiger partial charge >= 0.3 is 0 Å². The van der Waals surface area contributed by atoms with Gasteiger partial charge in [-0.1, -0.05) is 6.07 Å². The second-order valence-electron chi connectivity index (χ2n) is 5.76. The molecule has 0 unspecified atom stereocenters. The van der Waals surface area contributed by atoms with E-state index in [1.165, 1.54) is 0 Å². The second kappa shape index (κ2) is 6.03. The Bertz CT molecular complexity index is 427. The molecule has 1 saturated heterocycles. The van der Waals surface area contributed by atoms with Crippen LogP contribution in [-0.2, 0) is 0 Å². The third-order valence-electron chi connectivity index (χ3n) is 3.70. The van der Waals surface area contributed by atoms with Crippen LogP contribution in [0.1, 0.15) is 20.3 Å². The summed E-state index contributed by atoms with van der Waals surface area (Å²) in [6, 6.07) is 8.41. The molecule has 102 valence electrons. The van der Waals surface area contributed by atoms with E-state index in [-0.39, 0.29) is 5.41 Å². The monoisotopic (exact) mass is 258 g/mol. The Labute approximate surface area is 115 Å². The van der Waals surface area contributed by atoms with Crippen LogP contribution in [0.3, 0.4) is 0 Å². The molecule has 0 bridgehead atoms. The predicted molar refractivity (Wildman–Crippen MR) is 76.9 cm³/mol. The van der Waals surface area contributed by atoms with Gasteiger partial charge in [-0.25, -0.2) is 4.98 Å². The number of nitrogens with zero attached hydrogens (tertiary/aromatic N) is 4. The van der Waals surface area contributed by atoms with Gasteiger partial charge in [0.05, 0.1) is 11.5 Å². The molecule has 4 nitrogen and oxygen atoms in total. The van der Waals surface area contributed by atoms with E-state index in [1.807, 2.05) is 32.2 Å². The number of piperazine rings is 1. The van der Waals surface area contributed by atoms with Crippen LogP contribution in [0.5, 0.6) is 0 Å². The molecule has 0 atom stereocenters. The highest BCUT2D eigenvalue weighted by molar-refractivity contribution is 5.38. The second-order valence-corrected chi connectivity index (χ2v) is 5.76. The third kappa shape index (κ3) is 3.93. The minimum absolute atomic E-state index is 0.210. The molecule has 1 fully saturated rings. The summed E-state index contributed by atoms with van der Waals surface area (Å²) in [6.07, 6.45) is 2.78. The van der Waals surface area contributed by atoms with E-state index >= 15 is 0 Å². The van der Waals surface area contributed by atoms with E-state index in [4.69, 9.17) is 5.26 Å². The van der Waals surface area contributed by atoms with Crippen LogP contribution in [0.15, 0.2) is 24.4 Å². The molecule has 1 aromatic rings. The fraction of sp³-hybridized carbons (Fsp3) is 0.600. The van der Waals surface area contributed by atoms with Gasteiger partial charge in [0, 0.05) is 32.4 Å². The van der Waals surface area contributed by atoms with Crippen molar-refractivity contribution >= 4 is 5.82 Å². The lowest BCUT2D eigenvalue weighted by Crippen LogP contribution is -2.47. The number of anilines is 1. The topological polar surface area (TPSA) is 43.2 Å². The molecule has 2 rings (SSSR count). The lowest BCUT2D eigenvalue weighted by Gasteiger charge is -2.36. The van der Waals surface area contributed by atoms with Crippen molar-refractivity contribution in [3.05, 3.63) is 24.4 Å². The SMILES string of the molecule is CC(C)(C#N)CCN1CCN(c2ccccn2)CC1.